The summed E-state index contributed by atoms with van der Waals surface area (Å²) in [5.74, 6) is 0.219. The molecule has 3 unspecified atom stereocenters. The molecule has 1 aliphatic rings. The van der Waals surface area contributed by atoms with Gasteiger partial charge in [-0.2, -0.15) is 0 Å². The molecule has 1 heterocycles. The molecule has 1 saturated heterocycles. The van der Waals surface area contributed by atoms with Gasteiger partial charge in [-0.25, -0.2) is 0 Å². The van der Waals surface area contributed by atoms with E-state index in [0.29, 0.717) is 12.5 Å². The van der Waals surface area contributed by atoms with E-state index < -0.39 is 6.04 Å². The number of carbonyl (C=O) groups excluding carboxylic acids is 2. The van der Waals surface area contributed by atoms with Crippen molar-refractivity contribution >= 4 is 11.8 Å². The largest absolute Gasteiger partial charge is 0.350 e. The quantitative estimate of drug-likeness (QED) is 0.736. The van der Waals surface area contributed by atoms with Crippen LogP contribution in [0, 0.1) is 11.8 Å². The first-order valence-corrected chi connectivity index (χ1v) is 10.2. The van der Waals surface area contributed by atoms with E-state index in [2.05, 4.69) is 46.7 Å². The molecular formula is C22H35N3O2. The molecule has 1 aromatic rings. The second-order valence-electron chi connectivity index (χ2n) is 8.46. The van der Waals surface area contributed by atoms with E-state index in [0.717, 1.165) is 19.5 Å². The van der Waals surface area contributed by atoms with Gasteiger partial charge in [0.05, 0.1) is 0 Å². The Morgan fingerprint density at radius 2 is 1.78 bits per heavy atom. The number of benzene rings is 1. The number of rotatable bonds is 8. The molecule has 3 atom stereocenters. The molecule has 2 rings (SSSR count). The highest BCUT2D eigenvalue weighted by atomic mass is 16.2. The van der Waals surface area contributed by atoms with Crippen molar-refractivity contribution < 1.29 is 9.59 Å². The molecule has 27 heavy (non-hydrogen) atoms. The molecule has 1 fully saturated rings. The Balaban J connectivity index is 1.89. The Morgan fingerprint density at radius 3 is 2.37 bits per heavy atom. The van der Waals surface area contributed by atoms with Gasteiger partial charge in [0.15, 0.2) is 0 Å². The van der Waals surface area contributed by atoms with Crippen molar-refractivity contribution in [2.24, 2.45) is 11.8 Å². The second kappa shape index (κ2) is 9.88. The van der Waals surface area contributed by atoms with E-state index in [-0.39, 0.29) is 29.7 Å². The Kier molecular flexibility index (Phi) is 7.84. The highest BCUT2D eigenvalue weighted by Crippen LogP contribution is 2.24. The van der Waals surface area contributed by atoms with Gasteiger partial charge >= 0.3 is 0 Å². The molecule has 2 N–H and O–H groups in total. The maximum atomic E-state index is 12.8. The summed E-state index contributed by atoms with van der Waals surface area (Å²) < 4.78 is 0. The van der Waals surface area contributed by atoms with Crippen LogP contribution in [0.25, 0.3) is 0 Å². The van der Waals surface area contributed by atoms with Gasteiger partial charge in [0.1, 0.15) is 6.04 Å². The third-order valence-corrected chi connectivity index (χ3v) is 5.26. The highest BCUT2D eigenvalue weighted by molar-refractivity contribution is 5.88. The van der Waals surface area contributed by atoms with Crippen LogP contribution in [0.15, 0.2) is 30.3 Å². The predicted molar refractivity (Wildman–Crippen MR) is 109 cm³/mol. The second-order valence-corrected chi connectivity index (χ2v) is 8.46. The lowest BCUT2D eigenvalue weighted by molar-refractivity contribution is -0.130. The summed E-state index contributed by atoms with van der Waals surface area (Å²) in [4.78, 5) is 27.3. The van der Waals surface area contributed by atoms with E-state index in [1.54, 1.807) is 0 Å². The minimum Gasteiger partial charge on any atom is -0.350 e. The summed E-state index contributed by atoms with van der Waals surface area (Å²) in [5.41, 5.74) is 1.30. The number of amides is 2. The third kappa shape index (κ3) is 6.35. The van der Waals surface area contributed by atoms with Gasteiger partial charge in [0, 0.05) is 31.6 Å². The van der Waals surface area contributed by atoms with Crippen LogP contribution in [0.3, 0.4) is 0 Å². The normalized spacial score (nSPS) is 19.9. The number of hydrogen-bond donors (Lipinski definition) is 2. The van der Waals surface area contributed by atoms with Crippen LogP contribution in [-0.2, 0) is 9.59 Å². The molecule has 0 saturated carbocycles. The highest BCUT2D eigenvalue weighted by Gasteiger charge is 2.31. The van der Waals surface area contributed by atoms with Crippen molar-refractivity contribution in [3.8, 4) is 0 Å². The van der Waals surface area contributed by atoms with Gasteiger partial charge in [-0.15, -0.1) is 0 Å². The fourth-order valence-corrected chi connectivity index (χ4v) is 3.63. The minimum absolute atomic E-state index is 0.0513. The molecule has 5 nitrogen and oxygen atoms in total. The number of hydrogen-bond acceptors (Lipinski definition) is 3. The van der Waals surface area contributed by atoms with Gasteiger partial charge in [0.25, 0.3) is 0 Å². The predicted octanol–water partition coefficient (Wildman–Crippen LogP) is 3.13. The van der Waals surface area contributed by atoms with Gasteiger partial charge < -0.3 is 10.6 Å². The van der Waals surface area contributed by atoms with Crippen molar-refractivity contribution in [1.82, 2.24) is 15.5 Å². The summed E-state index contributed by atoms with van der Waals surface area (Å²) in [6.07, 6.45) is 1.38. The Morgan fingerprint density at radius 1 is 1.11 bits per heavy atom. The van der Waals surface area contributed by atoms with E-state index in [1.165, 1.54) is 5.56 Å². The van der Waals surface area contributed by atoms with Crippen molar-refractivity contribution in [2.75, 3.05) is 13.1 Å². The lowest BCUT2D eigenvalue weighted by Gasteiger charge is -2.26. The van der Waals surface area contributed by atoms with Crippen molar-refractivity contribution in [3.63, 3.8) is 0 Å². The molecule has 0 aliphatic carbocycles. The van der Waals surface area contributed by atoms with Crippen LogP contribution in [0.2, 0.25) is 0 Å². The first kappa shape index (κ1) is 21.4. The van der Waals surface area contributed by atoms with Gasteiger partial charge in [-0.05, 0) is 30.7 Å². The maximum Gasteiger partial charge on any atom is 0.243 e. The monoisotopic (exact) mass is 373 g/mol. The first-order valence-electron chi connectivity index (χ1n) is 10.2. The Labute approximate surface area is 163 Å². The zero-order valence-electron chi connectivity index (χ0n) is 17.4. The smallest absolute Gasteiger partial charge is 0.243 e. The summed E-state index contributed by atoms with van der Waals surface area (Å²) in [5, 5.41) is 6.08. The maximum absolute atomic E-state index is 12.8. The van der Waals surface area contributed by atoms with E-state index >= 15 is 0 Å². The fourth-order valence-electron chi connectivity index (χ4n) is 3.63. The SMILES string of the molecule is CC(C)CC(=O)NC(C(=O)NC1CCN(C(C)c2ccccc2)C1)C(C)C. The fraction of sp³-hybridized carbons (Fsp3) is 0.636. The molecule has 5 heteroatoms. The van der Waals surface area contributed by atoms with Crippen LogP contribution >= 0.6 is 0 Å². The molecule has 0 spiro atoms. The average Bonchev–Trinajstić information content (AvgIpc) is 3.07. The van der Waals surface area contributed by atoms with Crippen LogP contribution < -0.4 is 10.6 Å². The van der Waals surface area contributed by atoms with Gasteiger partial charge in [0.2, 0.25) is 11.8 Å². The van der Waals surface area contributed by atoms with Gasteiger partial charge in [-0.3, -0.25) is 14.5 Å². The first-order chi connectivity index (χ1) is 12.8. The number of carbonyl (C=O) groups is 2. The third-order valence-electron chi connectivity index (χ3n) is 5.26. The van der Waals surface area contributed by atoms with Crippen molar-refractivity contribution in [1.29, 1.82) is 0 Å². The van der Waals surface area contributed by atoms with Crippen LogP contribution in [-0.4, -0.2) is 41.9 Å². The molecule has 0 aromatic heterocycles. The molecule has 0 radical (unpaired) electrons. The molecular weight excluding hydrogens is 338 g/mol. The standard InChI is InChI=1S/C22H35N3O2/c1-15(2)13-20(26)24-21(16(3)4)22(27)23-19-11-12-25(14-19)17(5)18-9-7-6-8-10-18/h6-10,15-17,19,21H,11-14H2,1-5H3,(H,23,27)(H,24,26). The van der Waals surface area contributed by atoms with E-state index in [1.807, 2.05) is 33.8 Å². The molecule has 2 amide bonds. The Hall–Kier alpha value is -1.88. The summed E-state index contributed by atoms with van der Waals surface area (Å²) in [6, 6.07) is 10.4. The van der Waals surface area contributed by atoms with Crippen molar-refractivity contribution in [3.05, 3.63) is 35.9 Å². The molecule has 1 aliphatic heterocycles. The molecule has 150 valence electrons. The van der Waals surface area contributed by atoms with E-state index in [4.69, 9.17) is 0 Å². The zero-order valence-corrected chi connectivity index (χ0v) is 17.4. The van der Waals surface area contributed by atoms with Crippen LogP contribution in [0.4, 0.5) is 0 Å². The van der Waals surface area contributed by atoms with Crippen LogP contribution in [0.5, 0.6) is 0 Å². The topological polar surface area (TPSA) is 61.4 Å². The molecule has 1 aromatic carbocycles. The average molecular weight is 374 g/mol. The summed E-state index contributed by atoms with van der Waals surface area (Å²) >= 11 is 0. The lowest BCUT2D eigenvalue weighted by atomic mass is 10.0. The Bertz CT molecular complexity index is 615. The lowest BCUT2D eigenvalue weighted by Crippen LogP contribution is -2.52. The number of nitrogens with zero attached hydrogens (tertiary/aromatic N) is 1. The summed E-state index contributed by atoms with van der Waals surface area (Å²) in [7, 11) is 0. The van der Waals surface area contributed by atoms with Crippen LogP contribution in [0.1, 0.15) is 59.1 Å². The summed E-state index contributed by atoms with van der Waals surface area (Å²) in [6.45, 7) is 12.0. The number of nitrogens with one attached hydrogen (secondary N) is 2. The number of likely N-dealkylation sites (tertiary alicyclic amines) is 1. The van der Waals surface area contributed by atoms with Gasteiger partial charge in [-0.1, -0.05) is 58.0 Å². The van der Waals surface area contributed by atoms with Crippen molar-refractivity contribution in [2.45, 2.75) is 65.6 Å². The molecule has 0 bridgehead atoms. The van der Waals surface area contributed by atoms with E-state index in [9.17, 15) is 9.59 Å². The minimum atomic E-state index is -0.475. The zero-order chi connectivity index (χ0) is 20.0.